The van der Waals surface area contributed by atoms with Gasteiger partial charge in [-0.3, -0.25) is 0 Å². The van der Waals surface area contributed by atoms with Crippen LogP contribution >= 0.6 is 11.6 Å². The molecule has 0 saturated heterocycles. The molecule has 0 amide bonds. The highest BCUT2D eigenvalue weighted by Gasteiger charge is 2.06. The second-order valence-electron chi connectivity index (χ2n) is 5.67. The van der Waals surface area contributed by atoms with Crippen LogP contribution in [0.25, 0.3) is 10.9 Å². The number of carbonyl (C=O) groups is 1. The number of aromatic nitrogens is 1. The highest BCUT2D eigenvalue weighted by molar-refractivity contribution is 6.30. The number of benzene rings is 2. The molecule has 0 atom stereocenters. The molecule has 3 aromatic rings. The molecule has 2 aromatic carbocycles. The van der Waals surface area contributed by atoms with E-state index in [2.05, 4.69) is 5.16 Å². The van der Waals surface area contributed by atoms with Crippen molar-refractivity contribution in [3.05, 3.63) is 64.8 Å². The average molecular weight is 373 g/mol. The Morgan fingerprint density at radius 1 is 1.23 bits per heavy atom. The van der Waals surface area contributed by atoms with Gasteiger partial charge in [0.25, 0.3) is 0 Å². The summed E-state index contributed by atoms with van der Waals surface area (Å²) in [5.74, 6) is -0.315. The van der Waals surface area contributed by atoms with Crippen LogP contribution in [0.5, 0.6) is 5.75 Å². The maximum absolute atomic E-state index is 10.4. The average Bonchev–Trinajstić information content (AvgIpc) is 2.93. The van der Waals surface area contributed by atoms with Gasteiger partial charge >= 0.3 is 5.97 Å². The number of oxime groups is 1. The number of nitrogens with zero attached hydrogens (tertiary/aromatic N) is 2. The molecule has 0 saturated carbocycles. The first-order valence-corrected chi connectivity index (χ1v) is 8.24. The molecule has 6 nitrogen and oxygen atoms in total. The summed E-state index contributed by atoms with van der Waals surface area (Å²) in [5, 5.41) is 13.9. The second-order valence-corrected chi connectivity index (χ2v) is 6.10. The molecule has 0 radical (unpaired) electrons. The van der Waals surface area contributed by atoms with Crippen LogP contribution < -0.4 is 4.74 Å². The van der Waals surface area contributed by atoms with Crippen molar-refractivity contribution < 1.29 is 19.5 Å². The SMILES string of the molecule is Cn1c(C=NOCC(=O)O)cc2cc(OCc3ccc(Cl)cc3)ccc21. The van der Waals surface area contributed by atoms with E-state index >= 15 is 0 Å². The van der Waals surface area contributed by atoms with E-state index in [1.807, 2.05) is 60.1 Å². The van der Waals surface area contributed by atoms with Crippen LogP contribution in [0.2, 0.25) is 5.02 Å². The first-order chi connectivity index (χ1) is 12.5. The Kier molecular flexibility index (Phi) is 5.43. The van der Waals surface area contributed by atoms with Crippen molar-refractivity contribution in [2.24, 2.45) is 12.2 Å². The third-order valence-corrected chi connectivity index (χ3v) is 4.07. The lowest BCUT2D eigenvalue weighted by Gasteiger charge is -2.07. The number of aryl methyl sites for hydroxylation is 1. The molecule has 0 spiro atoms. The van der Waals surface area contributed by atoms with Crippen LogP contribution in [0.15, 0.2) is 53.7 Å². The van der Waals surface area contributed by atoms with Gasteiger partial charge in [-0.15, -0.1) is 0 Å². The fraction of sp³-hybridized carbons (Fsp3) is 0.158. The van der Waals surface area contributed by atoms with E-state index in [0.717, 1.165) is 27.9 Å². The lowest BCUT2D eigenvalue weighted by atomic mass is 10.2. The first kappa shape index (κ1) is 17.8. The molecular formula is C19H17ClN2O4. The number of rotatable bonds is 7. The molecule has 0 aliphatic heterocycles. The third-order valence-electron chi connectivity index (χ3n) is 3.82. The summed E-state index contributed by atoms with van der Waals surface area (Å²) >= 11 is 5.88. The van der Waals surface area contributed by atoms with E-state index in [1.54, 1.807) is 0 Å². The summed E-state index contributed by atoms with van der Waals surface area (Å²) in [4.78, 5) is 15.1. The fourth-order valence-corrected chi connectivity index (χ4v) is 2.62. The molecule has 0 bridgehead atoms. The molecule has 26 heavy (non-hydrogen) atoms. The first-order valence-electron chi connectivity index (χ1n) is 7.87. The standard InChI is InChI=1S/C19H17ClN2O4/c1-22-16(10-21-26-12-19(23)24)8-14-9-17(6-7-18(14)22)25-11-13-2-4-15(20)5-3-13/h2-10H,11-12H2,1H3,(H,23,24). The zero-order valence-electron chi connectivity index (χ0n) is 14.1. The zero-order chi connectivity index (χ0) is 18.5. The van der Waals surface area contributed by atoms with Gasteiger partial charge < -0.3 is 19.2 Å². The summed E-state index contributed by atoms with van der Waals surface area (Å²) in [6.07, 6.45) is 1.48. The van der Waals surface area contributed by atoms with E-state index in [9.17, 15) is 4.79 Å². The molecule has 0 aliphatic rings. The van der Waals surface area contributed by atoms with Crippen molar-refractivity contribution in [2.75, 3.05) is 6.61 Å². The topological polar surface area (TPSA) is 73.1 Å². The molecule has 1 aromatic heterocycles. The molecular weight excluding hydrogens is 356 g/mol. The number of halogens is 1. The van der Waals surface area contributed by atoms with Crippen molar-refractivity contribution in [3.8, 4) is 5.75 Å². The van der Waals surface area contributed by atoms with E-state index in [0.29, 0.717) is 11.6 Å². The molecule has 1 heterocycles. The van der Waals surface area contributed by atoms with Gasteiger partial charge in [0, 0.05) is 23.0 Å². The summed E-state index contributed by atoms with van der Waals surface area (Å²) in [5.41, 5.74) is 2.83. The number of hydrogen-bond acceptors (Lipinski definition) is 4. The number of ether oxygens (including phenoxy) is 1. The Morgan fingerprint density at radius 2 is 2.00 bits per heavy atom. The van der Waals surface area contributed by atoms with Gasteiger partial charge in [-0.25, -0.2) is 4.79 Å². The predicted octanol–water partition coefficient (Wildman–Crippen LogP) is 3.85. The van der Waals surface area contributed by atoms with Crippen molar-refractivity contribution >= 4 is 34.7 Å². The Labute approximate surface area is 155 Å². The lowest BCUT2D eigenvalue weighted by molar-refractivity contribution is -0.142. The summed E-state index contributed by atoms with van der Waals surface area (Å²) in [7, 11) is 1.90. The van der Waals surface area contributed by atoms with Gasteiger partial charge in [-0.05, 0) is 42.0 Å². The third kappa shape index (κ3) is 4.34. The Bertz CT molecular complexity index is 948. The highest BCUT2D eigenvalue weighted by Crippen LogP contribution is 2.24. The van der Waals surface area contributed by atoms with Crippen molar-refractivity contribution in [1.29, 1.82) is 0 Å². The molecule has 0 fully saturated rings. The van der Waals surface area contributed by atoms with Gasteiger partial charge in [0.15, 0.2) is 0 Å². The minimum Gasteiger partial charge on any atom is -0.489 e. The maximum atomic E-state index is 10.4. The van der Waals surface area contributed by atoms with E-state index < -0.39 is 12.6 Å². The minimum absolute atomic E-state index is 0.451. The summed E-state index contributed by atoms with van der Waals surface area (Å²) < 4.78 is 7.77. The van der Waals surface area contributed by atoms with Gasteiger partial charge in [0.1, 0.15) is 12.4 Å². The van der Waals surface area contributed by atoms with Crippen molar-refractivity contribution in [1.82, 2.24) is 4.57 Å². The monoisotopic (exact) mass is 372 g/mol. The predicted molar refractivity (Wildman–Crippen MR) is 99.9 cm³/mol. The molecule has 1 N–H and O–H groups in total. The highest BCUT2D eigenvalue weighted by atomic mass is 35.5. The molecule has 0 unspecified atom stereocenters. The summed E-state index contributed by atoms with van der Waals surface area (Å²) in [6.45, 7) is -0.0179. The molecule has 0 aliphatic carbocycles. The van der Waals surface area contributed by atoms with Crippen LogP contribution in [0, 0.1) is 0 Å². The second kappa shape index (κ2) is 7.93. The van der Waals surface area contributed by atoms with E-state index in [-0.39, 0.29) is 0 Å². The van der Waals surface area contributed by atoms with Gasteiger partial charge in [0.2, 0.25) is 6.61 Å². The Balaban J connectivity index is 1.71. The van der Waals surface area contributed by atoms with E-state index in [4.69, 9.17) is 26.3 Å². The number of carboxylic acids is 1. The van der Waals surface area contributed by atoms with Crippen LogP contribution in [0.4, 0.5) is 0 Å². The van der Waals surface area contributed by atoms with Crippen molar-refractivity contribution in [3.63, 3.8) is 0 Å². The molecule has 134 valence electrons. The number of carboxylic acid groups (broad SMARTS) is 1. The largest absolute Gasteiger partial charge is 0.489 e. The van der Waals surface area contributed by atoms with Gasteiger partial charge in [0.05, 0.1) is 11.9 Å². The number of hydrogen-bond donors (Lipinski definition) is 1. The fourth-order valence-electron chi connectivity index (χ4n) is 2.49. The quantitative estimate of drug-likeness (QED) is 0.505. The molecule has 7 heteroatoms. The van der Waals surface area contributed by atoms with Crippen LogP contribution in [0.3, 0.4) is 0 Å². The Hall–Kier alpha value is -2.99. The van der Waals surface area contributed by atoms with Crippen LogP contribution in [-0.2, 0) is 23.3 Å². The minimum atomic E-state index is -1.07. The van der Waals surface area contributed by atoms with Crippen LogP contribution in [0.1, 0.15) is 11.3 Å². The Morgan fingerprint density at radius 3 is 2.73 bits per heavy atom. The normalized spacial score (nSPS) is 11.2. The van der Waals surface area contributed by atoms with Crippen LogP contribution in [-0.4, -0.2) is 28.5 Å². The molecule has 3 rings (SSSR count). The zero-order valence-corrected chi connectivity index (χ0v) is 14.8. The lowest BCUT2D eigenvalue weighted by Crippen LogP contribution is -2.03. The van der Waals surface area contributed by atoms with Crippen molar-refractivity contribution in [2.45, 2.75) is 6.61 Å². The van der Waals surface area contributed by atoms with E-state index in [1.165, 1.54) is 6.21 Å². The summed E-state index contributed by atoms with van der Waals surface area (Å²) in [6, 6.07) is 15.3. The van der Waals surface area contributed by atoms with Gasteiger partial charge in [-0.1, -0.05) is 28.9 Å². The van der Waals surface area contributed by atoms with Gasteiger partial charge in [-0.2, -0.15) is 0 Å². The number of fused-ring (bicyclic) bond motifs is 1. The maximum Gasteiger partial charge on any atom is 0.344 e. The smallest absolute Gasteiger partial charge is 0.344 e. The number of aliphatic carboxylic acids is 1.